The van der Waals surface area contributed by atoms with E-state index >= 15 is 0 Å². The van der Waals surface area contributed by atoms with Crippen molar-refractivity contribution in [2.75, 3.05) is 18.5 Å². The van der Waals surface area contributed by atoms with Gasteiger partial charge in [-0.25, -0.2) is 0 Å². The molecule has 0 fully saturated rings. The molecule has 6 nitrogen and oxygen atoms in total. The summed E-state index contributed by atoms with van der Waals surface area (Å²) in [5.74, 6) is 0.601. The number of hydrogen-bond acceptors (Lipinski definition) is 5. The molecular weight excluding hydrogens is 370 g/mol. The Kier molecular flexibility index (Phi) is 6.19. The van der Waals surface area contributed by atoms with Crippen LogP contribution in [0.25, 0.3) is 0 Å². The fourth-order valence-electron chi connectivity index (χ4n) is 2.66. The number of benzene rings is 2. The Labute approximate surface area is 162 Å². The van der Waals surface area contributed by atoms with Crippen molar-refractivity contribution in [1.82, 2.24) is 0 Å². The highest BCUT2D eigenvalue weighted by Crippen LogP contribution is 2.38. The Morgan fingerprint density at radius 2 is 1.85 bits per heavy atom. The molecule has 0 spiro atoms. The van der Waals surface area contributed by atoms with E-state index in [9.17, 15) is 9.59 Å². The molecule has 1 amide bonds. The van der Waals surface area contributed by atoms with Crippen LogP contribution in [-0.2, 0) is 27.4 Å². The van der Waals surface area contributed by atoms with Crippen LogP contribution in [0.1, 0.15) is 24.5 Å². The van der Waals surface area contributed by atoms with E-state index in [1.54, 1.807) is 36.4 Å². The molecule has 2 aromatic rings. The summed E-state index contributed by atoms with van der Waals surface area (Å²) in [4.78, 5) is 23.1. The lowest BCUT2D eigenvalue weighted by atomic mass is 10.1. The summed E-state index contributed by atoms with van der Waals surface area (Å²) in [6, 6.07) is 10.5. The molecule has 1 heterocycles. The highest BCUT2D eigenvalue weighted by Gasteiger charge is 2.16. The molecule has 0 aliphatic carbocycles. The van der Waals surface area contributed by atoms with Crippen LogP contribution in [0.3, 0.4) is 0 Å². The van der Waals surface area contributed by atoms with E-state index in [1.807, 2.05) is 0 Å². The summed E-state index contributed by atoms with van der Waals surface area (Å²) in [6.07, 6.45) is 0.925. The average molecular weight is 390 g/mol. The van der Waals surface area contributed by atoms with Crippen molar-refractivity contribution < 1.29 is 23.8 Å². The largest absolute Gasteiger partial charge is 0.489 e. The first kappa shape index (κ1) is 19.0. The maximum absolute atomic E-state index is 12.1. The zero-order chi connectivity index (χ0) is 19.2. The SMILES string of the molecule is CC(=O)Nc1ccc(CC(=O)OCc2cc(Cl)c3c(c2)OCCCO3)cc1. The molecule has 0 aromatic heterocycles. The van der Waals surface area contributed by atoms with Gasteiger partial charge in [-0.2, -0.15) is 0 Å². The Morgan fingerprint density at radius 3 is 2.59 bits per heavy atom. The van der Waals surface area contributed by atoms with E-state index in [-0.39, 0.29) is 24.9 Å². The highest BCUT2D eigenvalue weighted by molar-refractivity contribution is 6.32. The molecule has 0 saturated heterocycles. The number of carbonyl (C=O) groups excluding carboxylic acids is 2. The summed E-state index contributed by atoms with van der Waals surface area (Å²) < 4.78 is 16.6. The van der Waals surface area contributed by atoms with Crippen LogP contribution < -0.4 is 14.8 Å². The van der Waals surface area contributed by atoms with Crippen molar-refractivity contribution >= 4 is 29.2 Å². The molecule has 1 aliphatic heterocycles. The van der Waals surface area contributed by atoms with Gasteiger partial charge in [0.2, 0.25) is 5.91 Å². The monoisotopic (exact) mass is 389 g/mol. The zero-order valence-corrected chi connectivity index (χ0v) is 15.7. The summed E-state index contributed by atoms with van der Waals surface area (Å²) >= 11 is 6.24. The molecule has 0 atom stereocenters. The first-order chi connectivity index (χ1) is 13.0. The number of carbonyl (C=O) groups is 2. The molecule has 2 aromatic carbocycles. The molecule has 1 N–H and O–H groups in total. The smallest absolute Gasteiger partial charge is 0.310 e. The van der Waals surface area contributed by atoms with Gasteiger partial charge in [-0.15, -0.1) is 0 Å². The van der Waals surface area contributed by atoms with Gasteiger partial charge in [0.05, 0.1) is 24.7 Å². The second-order valence-electron chi connectivity index (χ2n) is 6.17. The fraction of sp³-hybridized carbons (Fsp3) is 0.300. The summed E-state index contributed by atoms with van der Waals surface area (Å²) in [5.41, 5.74) is 2.21. The average Bonchev–Trinajstić information content (AvgIpc) is 2.87. The van der Waals surface area contributed by atoms with E-state index in [0.29, 0.717) is 35.4 Å². The first-order valence-corrected chi connectivity index (χ1v) is 8.99. The van der Waals surface area contributed by atoms with Gasteiger partial charge in [-0.05, 0) is 35.4 Å². The maximum Gasteiger partial charge on any atom is 0.310 e. The third-order valence-electron chi connectivity index (χ3n) is 3.88. The minimum atomic E-state index is -0.356. The van der Waals surface area contributed by atoms with E-state index < -0.39 is 0 Å². The lowest BCUT2D eigenvalue weighted by Crippen LogP contribution is -2.09. The van der Waals surface area contributed by atoms with Gasteiger partial charge in [0, 0.05) is 19.0 Å². The number of nitrogens with one attached hydrogen (secondary N) is 1. The van der Waals surface area contributed by atoms with Gasteiger partial charge in [0.15, 0.2) is 11.5 Å². The van der Waals surface area contributed by atoms with Crippen LogP contribution in [0.5, 0.6) is 11.5 Å². The van der Waals surface area contributed by atoms with E-state index in [0.717, 1.165) is 17.5 Å². The molecule has 27 heavy (non-hydrogen) atoms. The predicted octanol–water partition coefficient (Wildman–Crippen LogP) is 3.75. The fourth-order valence-corrected chi connectivity index (χ4v) is 2.95. The van der Waals surface area contributed by atoms with Gasteiger partial charge in [0.1, 0.15) is 6.61 Å². The Morgan fingerprint density at radius 1 is 1.11 bits per heavy atom. The number of esters is 1. The summed E-state index contributed by atoms with van der Waals surface area (Å²) in [5, 5.41) is 3.12. The van der Waals surface area contributed by atoms with Crippen LogP contribution in [0.15, 0.2) is 36.4 Å². The summed E-state index contributed by atoms with van der Waals surface area (Å²) in [7, 11) is 0. The van der Waals surface area contributed by atoms with Gasteiger partial charge < -0.3 is 19.5 Å². The Bertz CT molecular complexity index is 835. The third-order valence-corrected chi connectivity index (χ3v) is 4.17. The lowest BCUT2D eigenvalue weighted by molar-refractivity contribution is -0.144. The number of anilines is 1. The molecule has 142 valence electrons. The van der Waals surface area contributed by atoms with Crippen molar-refractivity contribution in [2.24, 2.45) is 0 Å². The van der Waals surface area contributed by atoms with Crippen molar-refractivity contribution in [3.8, 4) is 11.5 Å². The predicted molar refractivity (Wildman–Crippen MR) is 101 cm³/mol. The minimum Gasteiger partial charge on any atom is -0.489 e. The van der Waals surface area contributed by atoms with Crippen molar-refractivity contribution in [1.29, 1.82) is 0 Å². The zero-order valence-electron chi connectivity index (χ0n) is 14.9. The van der Waals surface area contributed by atoms with Crippen LogP contribution in [0.4, 0.5) is 5.69 Å². The topological polar surface area (TPSA) is 73.9 Å². The molecule has 0 saturated carbocycles. The lowest BCUT2D eigenvalue weighted by Gasteiger charge is -2.12. The van der Waals surface area contributed by atoms with Gasteiger partial charge in [0.25, 0.3) is 0 Å². The number of halogens is 1. The number of rotatable bonds is 5. The second kappa shape index (κ2) is 8.77. The maximum atomic E-state index is 12.1. The standard InChI is InChI=1S/C20H20ClNO5/c1-13(23)22-16-5-3-14(4-6-16)11-19(24)27-12-15-9-17(21)20-18(10-15)25-7-2-8-26-20/h3-6,9-10H,2,7-8,11-12H2,1H3,(H,22,23). The molecule has 7 heteroatoms. The third kappa shape index (κ3) is 5.37. The van der Waals surface area contributed by atoms with E-state index in [1.165, 1.54) is 6.92 Å². The number of hydrogen-bond donors (Lipinski definition) is 1. The molecule has 3 rings (SSSR count). The second-order valence-corrected chi connectivity index (χ2v) is 6.58. The Hall–Kier alpha value is -2.73. The quantitative estimate of drug-likeness (QED) is 0.788. The van der Waals surface area contributed by atoms with Crippen molar-refractivity contribution in [3.05, 3.63) is 52.5 Å². The van der Waals surface area contributed by atoms with Crippen molar-refractivity contribution in [3.63, 3.8) is 0 Å². The van der Waals surface area contributed by atoms with E-state index in [4.69, 9.17) is 25.8 Å². The van der Waals surface area contributed by atoms with Crippen LogP contribution in [0.2, 0.25) is 5.02 Å². The normalized spacial score (nSPS) is 12.8. The summed E-state index contributed by atoms with van der Waals surface area (Å²) in [6.45, 7) is 2.65. The highest BCUT2D eigenvalue weighted by atomic mass is 35.5. The van der Waals surface area contributed by atoms with Crippen LogP contribution in [0, 0.1) is 0 Å². The number of amides is 1. The molecule has 0 bridgehead atoms. The number of fused-ring (bicyclic) bond motifs is 1. The molecule has 0 unspecified atom stereocenters. The molecule has 0 radical (unpaired) electrons. The van der Waals surface area contributed by atoms with Gasteiger partial charge in [-0.3, -0.25) is 9.59 Å². The van der Waals surface area contributed by atoms with Crippen molar-refractivity contribution in [2.45, 2.75) is 26.4 Å². The minimum absolute atomic E-state index is 0.0964. The van der Waals surface area contributed by atoms with Crippen LogP contribution >= 0.6 is 11.6 Å². The van der Waals surface area contributed by atoms with E-state index in [2.05, 4.69) is 5.32 Å². The van der Waals surface area contributed by atoms with Gasteiger partial charge >= 0.3 is 5.97 Å². The molecular formula is C20H20ClNO5. The molecule has 1 aliphatic rings. The Balaban J connectivity index is 1.57. The first-order valence-electron chi connectivity index (χ1n) is 8.61. The number of ether oxygens (including phenoxy) is 3. The van der Waals surface area contributed by atoms with Gasteiger partial charge in [-0.1, -0.05) is 23.7 Å². The van der Waals surface area contributed by atoms with Crippen LogP contribution in [-0.4, -0.2) is 25.1 Å².